The highest BCUT2D eigenvalue weighted by Gasteiger charge is 2.32. The van der Waals surface area contributed by atoms with Crippen LogP contribution in [0.5, 0.6) is 5.75 Å². The standard InChI is InChI=1S/C21H34N2O3/c1-4-7-14-22-16-12-13-17(19(24)15-16)21(25)26-20-11-9-8-10-18(20)23(5-2)6-3/h12-13,15,18,20,22,24H,4-11,14H2,1-3H3. The van der Waals surface area contributed by atoms with Gasteiger partial charge in [-0.2, -0.15) is 0 Å². The van der Waals surface area contributed by atoms with E-state index in [2.05, 4.69) is 31.0 Å². The van der Waals surface area contributed by atoms with E-state index in [0.29, 0.717) is 0 Å². The fraction of sp³-hybridized carbons (Fsp3) is 0.667. The molecule has 0 radical (unpaired) electrons. The highest BCUT2D eigenvalue weighted by atomic mass is 16.5. The van der Waals surface area contributed by atoms with Crippen LogP contribution in [-0.4, -0.2) is 47.8 Å². The summed E-state index contributed by atoms with van der Waals surface area (Å²) in [6, 6.07) is 5.37. The first-order chi connectivity index (χ1) is 12.6. The second kappa shape index (κ2) is 10.4. The van der Waals surface area contributed by atoms with Gasteiger partial charge in [0.15, 0.2) is 0 Å². The van der Waals surface area contributed by atoms with Crippen molar-refractivity contribution in [2.24, 2.45) is 0 Å². The van der Waals surface area contributed by atoms with E-state index in [1.807, 2.05) is 6.07 Å². The lowest BCUT2D eigenvalue weighted by molar-refractivity contribution is -0.0157. The molecule has 1 aromatic carbocycles. The Morgan fingerprint density at radius 2 is 1.96 bits per heavy atom. The number of unbranched alkanes of at least 4 members (excludes halogenated alkanes) is 1. The first-order valence-corrected chi connectivity index (χ1v) is 10.1. The van der Waals surface area contributed by atoms with Gasteiger partial charge in [0.05, 0.1) is 0 Å². The minimum absolute atomic E-state index is 0.0216. The number of hydrogen-bond donors (Lipinski definition) is 2. The van der Waals surface area contributed by atoms with E-state index >= 15 is 0 Å². The van der Waals surface area contributed by atoms with E-state index in [0.717, 1.165) is 57.4 Å². The number of phenols is 1. The number of ether oxygens (including phenoxy) is 1. The number of anilines is 1. The molecule has 2 N–H and O–H groups in total. The van der Waals surface area contributed by atoms with Gasteiger partial charge in [-0.1, -0.05) is 33.6 Å². The average Bonchev–Trinajstić information content (AvgIpc) is 2.64. The van der Waals surface area contributed by atoms with Crippen LogP contribution < -0.4 is 5.32 Å². The topological polar surface area (TPSA) is 61.8 Å². The Hall–Kier alpha value is -1.75. The van der Waals surface area contributed by atoms with Crippen LogP contribution in [0.2, 0.25) is 0 Å². The van der Waals surface area contributed by atoms with Gasteiger partial charge in [-0.25, -0.2) is 4.79 Å². The zero-order valence-electron chi connectivity index (χ0n) is 16.5. The molecule has 0 amide bonds. The molecule has 1 aliphatic rings. The second-order valence-electron chi connectivity index (χ2n) is 7.03. The third-order valence-corrected chi connectivity index (χ3v) is 5.28. The van der Waals surface area contributed by atoms with Crippen LogP contribution in [0, 0.1) is 0 Å². The molecule has 1 aromatic rings. The van der Waals surface area contributed by atoms with Crippen molar-refractivity contribution in [2.45, 2.75) is 71.4 Å². The Morgan fingerprint density at radius 3 is 2.62 bits per heavy atom. The third-order valence-electron chi connectivity index (χ3n) is 5.28. The van der Waals surface area contributed by atoms with Crippen molar-refractivity contribution in [3.05, 3.63) is 23.8 Å². The number of hydrogen-bond acceptors (Lipinski definition) is 5. The summed E-state index contributed by atoms with van der Waals surface area (Å²) in [5.41, 5.74) is 1.07. The molecule has 5 nitrogen and oxygen atoms in total. The predicted molar refractivity (Wildman–Crippen MR) is 106 cm³/mol. The van der Waals surface area contributed by atoms with Gasteiger partial charge in [-0.05, 0) is 50.9 Å². The number of phenolic OH excluding ortho intramolecular Hbond substituents is 1. The number of nitrogens with zero attached hydrogens (tertiary/aromatic N) is 1. The van der Waals surface area contributed by atoms with Crippen LogP contribution in [0.25, 0.3) is 0 Å². The van der Waals surface area contributed by atoms with Gasteiger partial charge < -0.3 is 15.2 Å². The Labute approximate surface area is 157 Å². The smallest absolute Gasteiger partial charge is 0.342 e. The summed E-state index contributed by atoms with van der Waals surface area (Å²) in [5, 5.41) is 13.5. The summed E-state index contributed by atoms with van der Waals surface area (Å²) in [4.78, 5) is 15.0. The monoisotopic (exact) mass is 362 g/mol. The maximum Gasteiger partial charge on any atom is 0.342 e. The van der Waals surface area contributed by atoms with E-state index in [9.17, 15) is 9.90 Å². The summed E-state index contributed by atoms with van der Waals surface area (Å²) < 4.78 is 5.83. The highest BCUT2D eigenvalue weighted by molar-refractivity contribution is 5.93. The van der Waals surface area contributed by atoms with Crippen molar-refractivity contribution in [2.75, 3.05) is 25.0 Å². The van der Waals surface area contributed by atoms with E-state index in [1.54, 1.807) is 12.1 Å². The van der Waals surface area contributed by atoms with Gasteiger partial charge in [0, 0.05) is 24.3 Å². The number of carbonyl (C=O) groups is 1. The molecular weight excluding hydrogens is 328 g/mol. The Bertz CT molecular complexity index is 572. The predicted octanol–water partition coefficient (Wildman–Crippen LogP) is 4.41. The minimum atomic E-state index is -0.424. The van der Waals surface area contributed by atoms with Crippen molar-refractivity contribution in [1.29, 1.82) is 0 Å². The maximum absolute atomic E-state index is 12.6. The third kappa shape index (κ3) is 5.37. The van der Waals surface area contributed by atoms with Gasteiger partial charge in [0.25, 0.3) is 0 Å². The lowest BCUT2D eigenvalue weighted by atomic mass is 9.91. The Kier molecular flexibility index (Phi) is 8.23. The zero-order valence-corrected chi connectivity index (χ0v) is 16.5. The summed E-state index contributed by atoms with van der Waals surface area (Å²) in [6.45, 7) is 9.19. The van der Waals surface area contributed by atoms with E-state index < -0.39 is 5.97 Å². The van der Waals surface area contributed by atoms with Crippen LogP contribution in [-0.2, 0) is 4.74 Å². The lowest BCUT2D eigenvalue weighted by Crippen LogP contribution is -2.47. The van der Waals surface area contributed by atoms with Crippen LogP contribution in [0.3, 0.4) is 0 Å². The number of nitrogens with one attached hydrogen (secondary N) is 1. The molecule has 146 valence electrons. The summed E-state index contributed by atoms with van der Waals surface area (Å²) in [7, 11) is 0. The molecule has 0 saturated heterocycles. The van der Waals surface area contributed by atoms with Crippen molar-refractivity contribution >= 4 is 11.7 Å². The van der Waals surface area contributed by atoms with Crippen molar-refractivity contribution in [1.82, 2.24) is 4.90 Å². The molecule has 0 aliphatic heterocycles. The second-order valence-corrected chi connectivity index (χ2v) is 7.03. The van der Waals surface area contributed by atoms with Gasteiger partial charge in [-0.3, -0.25) is 4.90 Å². The summed E-state index contributed by atoms with van der Waals surface area (Å²) >= 11 is 0. The number of carbonyl (C=O) groups excluding carboxylic acids is 1. The summed E-state index contributed by atoms with van der Waals surface area (Å²) in [5.74, 6) is -0.446. The largest absolute Gasteiger partial charge is 0.507 e. The van der Waals surface area contributed by atoms with E-state index in [1.165, 1.54) is 6.42 Å². The highest BCUT2D eigenvalue weighted by Crippen LogP contribution is 2.28. The SMILES string of the molecule is CCCCNc1ccc(C(=O)OC2CCCCC2N(CC)CC)c(O)c1. The van der Waals surface area contributed by atoms with Crippen molar-refractivity contribution in [3.8, 4) is 5.75 Å². The molecule has 26 heavy (non-hydrogen) atoms. The molecule has 1 aliphatic carbocycles. The maximum atomic E-state index is 12.6. The van der Waals surface area contributed by atoms with Gasteiger partial charge in [0.2, 0.25) is 0 Å². The van der Waals surface area contributed by atoms with E-state index in [-0.39, 0.29) is 23.5 Å². The fourth-order valence-electron chi connectivity index (χ4n) is 3.75. The average molecular weight is 363 g/mol. The lowest BCUT2D eigenvalue weighted by Gasteiger charge is -2.38. The molecule has 2 rings (SSSR count). The van der Waals surface area contributed by atoms with Gasteiger partial charge >= 0.3 is 5.97 Å². The molecule has 0 bridgehead atoms. The molecule has 1 saturated carbocycles. The van der Waals surface area contributed by atoms with Crippen molar-refractivity contribution < 1.29 is 14.6 Å². The first-order valence-electron chi connectivity index (χ1n) is 10.1. The van der Waals surface area contributed by atoms with Gasteiger partial charge in [0.1, 0.15) is 17.4 Å². The number of aromatic hydroxyl groups is 1. The quantitative estimate of drug-likeness (QED) is 0.503. The molecule has 0 aromatic heterocycles. The molecule has 0 heterocycles. The number of rotatable bonds is 9. The normalized spacial score (nSPS) is 20.2. The molecule has 0 spiro atoms. The first kappa shape index (κ1) is 20.6. The van der Waals surface area contributed by atoms with Crippen LogP contribution in [0.15, 0.2) is 18.2 Å². The molecular formula is C21H34N2O3. The Balaban J connectivity index is 2.03. The number of esters is 1. The molecule has 1 fully saturated rings. The van der Waals surface area contributed by atoms with Crippen LogP contribution in [0.1, 0.15) is 69.7 Å². The zero-order chi connectivity index (χ0) is 18.9. The number of benzene rings is 1. The van der Waals surface area contributed by atoms with Crippen LogP contribution >= 0.6 is 0 Å². The minimum Gasteiger partial charge on any atom is -0.507 e. The van der Waals surface area contributed by atoms with Crippen LogP contribution in [0.4, 0.5) is 5.69 Å². The fourth-order valence-corrected chi connectivity index (χ4v) is 3.75. The summed E-state index contributed by atoms with van der Waals surface area (Å²) in [6.07, 6.45) is 6.30. The molecule has 2 atom stereocenters. The van der Waals surface area contributed by atoms with Gasteiger partial charge in [-0.15, -0.1) is 0 Å². The van der Waals surface area contributed by atoms with Crippen molar-refractivity contribution in [3.63, 3.8) is 0 Å². The number of likely N-dealkylation sites (N-methyl/N-ethyl adjacent to an activating group) is 1. The Morgan fingerprint density at radius 1 is 1.23 bits per heavy atom. The molecule has 5 heteroatoms. The van der Waals surface area contributed by atoms with E-state index in [4.69, 9.17) is 4.74 Å². The molecule has 2 unspecified atom stereocenters.